The Balaban J connectivity index is 3.44. The summed E-state index contributed by atoms with van der Waals surface area (Å²) < 4.78 is 0. The van der Waals surface area contributed by atoms with Crippen molar-refractivity contribution in [3.05, 3.63) is 68.8 Å². The van der Waals surface area contributed by atoms with Gasteiger partial charge in [-0.05, 0) is 77.0 Å². The molecule has 0 aliphatic rings. The van der Waals surface area contributed by atoms with Crippen LogP contribution in [0, 0.1) is 0 Å². The van der Waals surface area contributed by atoms with Gasteiger partial charge in [0.05, 0.1) is 0 Å². The van der Waals surface area contributed by atoms with Crippen LogP contribution in [-0.2, 0) is 37.9 Å². The van der Waals surface area contributed by atoms with E-state index in [1.807, 2.05) is 0 Å². The molecule has 0 heteroatoms. The molecule has 0 saturated carbocycles. The Kier molecular flexibility index (Phi) is 8.43. The minimum Gasteiger partial charge on any atom is -0.0582 e. The molecule has 0 aliphatic heterocycles. The van der Waals surface area contributed by atoms with Crippen molar-refractivity contribution >= 4 is 0 Å². The van der Waals surface area contributed by atoms with Crippen molar-refractivity contribution in [2.75, 3.05) is 0 Å². The zero-order chi connectivity index (χ0) is 30.9. The van der Waals surface area contributed by atoms with Gasteiger partial charge in [-0.25, -0.2) is 0 Å². The van der Waals surface area contributed by atoms with Crippen LogP contribution in [0.3, 0.4) is 0 Å². The molecular formula is C39H64. The summed E-state index contributed by atoms with van der Waals surface area (Å²) in [5, 5.41) is 0. The summed E-state index contributed by atoms with van der Waals surface area (Å²) in [5.41, 5.74) is 12.1. The topological polar surface area (TPSA) is 0 Å². The fraction of sp³-hybridized carbons (Fsp3) is 0.692. The first-order chi connectivity index (χ1) is 16.9. The second kappa shape index (κ2) is 9.77. The van der Waals surface area contributed by atoms with Crippen LogP contribution in [0.25, 0.3) is 0 Å². The molecule has 0 spiro atoms. The number of benzene rings is 2. The smallest absolute Gasteiger partial charge is 0.0152 e. The molecule has 0 heterocycles. The second-order valence-electron chi connectivity index (χ2n) is 19.0. The van der Waals surface area contributed by atoms with E-state index in [-0.39, 0.29) is 37.9 Å². The molecule has 0 atom stereocenters. The van der Waals surface area contributed by atoms with Crippen LogP contribution in [0.2, 0.25) is 0 Å². The maximum atomic E-state index is 2.48. The second-order valence-corrected chi connectivity index (χ2v) is 19.0. The molecule has 0 amide bonds. The van der Waals surface area contributed by atoms with Gasteiger partial charge in [0, 0.05) is 5.41 Å². The third-order valence-electron chi connectivity index (χ3n) is 8.35. The Morgan fingerprint density at radius 1 is 0.256 bits per heavy atom. The maximum absolute atomic E-state index is 2.48. The Morgan fingerprint density at radius 3 is 0.667 bits per heavy atom. The van der Waals surface area contributed by atoms with E-state index in [0.29, 0.717) is 0 Å². The van der Waals surface area contributed by atoms with Gasteiger partial charge in [-0.1, -0.05) is 163 Å². The first-order valence-corrected chi connectivity index (χ1v) is 15.3. The van der Waals surface area contributed by atoms with Gasteiger partial charge in [0.1, 0.15) is 0 Å². The van der Waals surface area contributed by atoms with Crippen LogP contribution in [0.5, 0.6) is 0 Å². The van der Waals surface area contributed by atoms with Gasteiger partial charge >= 0.3 is 0 Å². The lowest BCUT2D eigenvalue weighted by Gasteiger charge is -2.49. The van der Waals surface area contributed by atoms with E-state index in [2.05, 4.69) is 163 Å². The lowest BCUT2D eigenvalue weighted by atomic mass is 9.55. The molecule has 39 heavy (non-hydrogen) atoms. The molecular weight excluding hydrogens is 468 g/mol. The lowest BCUT2D eigenvalue weighted by Crippen LogP contribution is -2.40. The van der Waals surface area contributed by atoms with E-state index in [1.54, 1.807) is 33.4 Å². The van der Waals surface area contributed by atoms with Crippen LogP contribution in [-0.4, -0.2) is 0 Å². The minimum atomic E-state index is -0.169. The summed E-state index contributed by atoms with van der Waals surface area (Å²) in [6.07, 6.45) is 0. The molecule has 0 aromatic heterocycles. The highest BCUT2D eigenvalue weighted by Crippen LogP contribution is 2.55. The van der Waals surface area contributed by atoms with Crippen LogP contribution in [0.4, 0.5) is 0 Å². The Labute approximate surface area is 244 Å². The molecule has 0 aliphatic carbocycles. The van der Waals surface area contributed by atoms with Crippen LogP contribution >= 0.6 is 0 Å². The molecule has 0 nitrogen and oxygen atoms in total. The van der Waals surface area contributed by atoms with Crippen molar-refractivity contribution in [3.63, 3.8) is 0 Å². The van der Waals surface area contributed by atoms with Gasteiger partial charge in [0.2, 0.25) is 0 Å². The van der Waals surface area contributed by atoms with Crippen molar-refractivity contribution in [2.45, 2.75) is 176 Å². The molecule has 0 N–H and O–H groups in total. The molecule has 0 unspecified atom stereocenters. The zero-order valence-electron chi connectivity index (χ0n) is 29.8. The van der Waals surface area contributed by atoms with E-state index in [4.69, 9.17) is 0 Å². The minimum absolute atomic E-state index is 0.00254. The van der Waals surface area contributed by atoms with Gasteiger partial charge in [0.25, 0.3) is 0 Å². The number of hydrogen-bond donors (Lipinski definition) is 0. The van der Waals surface area contributed by atoms with E-state index in [9.17, 15) is 0 Å². The Hall–Kier alpha value is -1.56. The lowest BCUT2D eigenvalue weighted by molar-refractivity contribution is 0.441. The largest absolute Gasteiger partial charge is 0.0582 e. The van der Waals surface area contributed by atoms with Gasteiger partial charge in [-0.3, -0.25) is 0 Å². The fourth-order valence-corrected chi connectivity index (χ4v) is 6.66. The van der Waals surface area contributed by atoms with Crippen LogP contribution in [0.1, 0.15) is 183 Å². The van der Waals surface area contributed by atoms with Gasteiger partial charge in [0.15, 0.2) is 0 Å². The molecule has 0 radical (unpaired) electrons. The van der Waals surface area contributed by atoms with Crippen molar-refractivity contribution in [1.29, 1.82) is 0 Å². The van der Waals surface area contributed by atoms with E-state index < -0.39 is 0 Å². The molecule has 0 bridgehead atoms. The Bertz CT molecular complexity index is 1120. The summed E-state index contributed by atoms with van der Waals surface area (Å²) in [7, 11) is 0. The molecule has 0 saturated heterocycles. The summed E-state index contributed by atoms with van der Waals surface area (Å²) in [4.78, 5) is 0. The van der Waals surface area contributed by atoms with Crippen molar-refractivity contribution in [3.8, 4) is 0 Å². The Morgan fingerprint density at radius 2 is 0.462 bits per heavy atom. The summed E-state index contributed by atoms with van der Waals surface area (Å²) in [6.45, 7) is 48.4. The van der Waals surface area contributed by atoms with E-state index >= 15 is 0 Å². The van der Waals surface area contributed by atoms with Gasteiger partial charge in [-0.2, -0.15) is 0 Å². The monoisotopic (exact) mass is 533 g/mol. The van der Waals surface area contributed by atoms with Crippen LogP contribution < -0.4 is 0 Å². The fourth-order valence-electron chi connectivity index (χ4n) is 6.66. The third-order valence-corrected chi connectivity index (χ3v) is 8.35. The van der Waals surface area contributed by atoms with Crippen molar-refractivity contribution < 1.29 is 0 Å². The molecule has 0 fully saturated rings. The average Bonchev–Trinajstić information content (AvgIpc) is 2.67. The summed E-state index contributed by atoms with van der Waals surface area (Å²) in [5.74, 6) is 0. The average molecular weight is 533 g/mol. The predicted molar refractivity (Wildman–Crippen MR) is 177 cm³/mol. The molecule has 2 aromatic rings. The van der Waals surface area contributed by atoms with Crippen molar-refractivity contribution in [1.82, 2.24) is 0 Å². The summed E-state index contributed by atoms with van der Waals surface area (Å²) in [6, 6.07) is 9.54. The first-order valence-electron chi connectivity index (χ1n) is 15.3. The van der Waals surface area contributed by atoms with Crippen LogP contribution in [0.15, 0.2) is 24.3 Å². The van der Waals surface area contributed by atoms with Crippen molar-refractivity contribution in [2.24, 2.45) is 0 Å². The quantitative estimate of drug-likeness (QED) is 0.361. The normalized spacial score (nSPS) is 14.7. The maximum Gasteiger partial charge on any atom is 0.0152 e. The highest BCUT2D eigenvalue weighted by atomic mass is 14.5. The standard InChI is InChI=1S/C39H64/c1-33(2,3)25-21-23-26(24-22-25)39(19,20)32-30(37(13,14)15)28(35(7,8)9)27(34(4,5)6)29(36(10,11)12)31(32)38(16,17)18/h21-24H,1-20H3. The number of hydrogen-bond acceptors (Lipinski definition) is 0. The SMILES string of the molecule is CC(C)(C)c1ccc(C(C)(C)c2c(C(C)(C)C)c(C(C)(C)C)c(C(C)(C)C)c(C(C)(C)C)c2C(C)(C)C)cc1. The van der Waals surface area contributed by atoms with E-state index in [0.717, 1.165) is 0 Å². The molecule has 2 rings (SSSR count). The van der Waals surface area contributed by atoms with Gasteiger partial charge in [-0.15, -0.1) is 0 Å². The molecule has 2 aromatic carbocycles. The third kappa shape index (κ3) is 6.68. The predicted octanol–water partition coefficient (Wildman–Crippen LogP) is 11.8. The highest BCUT2D eigenvalue weighted by Gasteiger charge is 2.45. The van der Waals surface area contributed by atoms with E-state index in [1.165, 1.54) is 11.1 Å². The first kappa shape index (κ1) is 33.6. The zero-order valence-corrected chi connectivity index (χ0v) is 29.8. The highest BCUT2D eigenvalue weighted by molar-refractivity contribution is 5.65. The molecule has 220 valence electrons. The van der Waals surface area contributed by atoms with Gasteiger partial charge < -0.3 is 0 Å². The number of rotatable bonds is 2. The summed E-state index contributed by atoms with van der Waals surface area (Å²) >= 11 is 0.